The Balaban J connectivity index is 2.00. The minimum Gasteiger partial charge on any atom is -0.330 e. The van der Waals surface area contributed by atoms with E-state index < -0.39 is 0 Å². The van der Waals surface area contributed by atoms with Gasteiger partial charge in [0.05, 0.1) is 27.7 Å². The third-order valence-corrected chi connectivity index (χ3v) is 7.00. The van der Waals surface area contributed by atoms with E-state index in [9.17, 15) is 0 Å². The Morgan fingerprint density at radius 1 is 1.12 bits per heavy atom. The zero-order valence-corrected chi connectivity index (χ0v) is 17.1. The van der Waals surface area contributed by atoms with Crippen molar-refractivity contribution in [3.63, 3.8) is 0 Å². The Morgan fingerprint density at radius 2 is 1.83 bits per heavy atom. The van der Waals surface area contributed by atoms with Crippen molar-refractivity contribution in [3.05, 3.63) is 34.9 Å². The number of aryl methyl sites for hydroxylation is 1. The van der Waals surface area contributed by atoms with Crippen LogP contribution < -0.4 is 0 Å². The second kappa shape index (κ2) is 5.87. The molecule has 1 saturated carbocycles. The summed E-state index contributed by atoms with van der Waals surface area (Å²) in [6.45, 7) is 11.1. The maximum atomic E-state index is 2.59. The highest BCUT2D eigenvalue weighted by Gasteiger charge is 2.53. The maximum absolute atomic E-state index is 2.59. The lowest BCUT2D eigenvalue weighted by Crippen LogP contribution is -2.55. The summed E-state index contributed by atoms with van der Waals surface area (Å²) in [6, 6.07) is 7.42. The van der Waals surface area contributed by atoms with Gasteiger partial charge < -0.3 is 4.48 Å². The van der Waals surface area contributed by atoms with Crippen molar-refractivity contribution in [3.8, 4) is 0 Å². The van der Waals surface area contributed by atoms with Gasteiger partial charge in [0.2, 0.25) is 0 Å². The number of benzene rings is 1. The first-order valence-electron chi connectivity index (χ1n) is 9.99. The topological polar surface area (TPSA) is 0 Å². The third kappa shape index (κ3) is 3.05. The smallest absolute Gasteiger partial charge is 0.0837 e. The van der Waals surface area contributed by atoms with Crippen molar-refractivity contribution < 1.29 is 4.48 Å². The summed E-state index contributed by atoms with van der Waals surface area (Å²) in [6.07, 6.45) is 6.82. The first-order chi connectivity index (χ1) is 11.1. The summed E-state index contributed by atoms with van der Waals surface area (Å²) in [7, 11) is 7.09. The molecule has 1 nitrogen and oxygen atoms in total. The molecule has 0 aliphatic heterocycles. The number of quaternary nitrogens is 1. The second-order valence-electron chi connectivity index (χ2n) is 10.5. The van der Waals surface area contributed by atoms with E-state index in [4.69, 9.17) is 0 Å². The summed E-state index contributed by atoms with van der Waals surface area (Å²) in [5, 5.41) is 0. The standard InChI is InChI=1S/C23H38N/c1-17(2)18-9-11-20-19(15-18)10-12-21-22(3,16-24(5,6)7)13-8-14-23(20,21)4/h9,11,15,17,21H,8,10,12-14,16H2,1-7H3/q+1/t21-,22-,23+/m1/s1. The van der Waals surface area contributed by atoms with Crippen molar-refractivity contribution in [1.29, 1.82) is 0 Å². The van der Waals surface area contributed by atoms with Gasteiger partial charge in [-0.3, -0.25) is 0 Å². The molecule has 1 aromatic carbocycles. The molecule has 24 heavy (non-hydrogen) atoms. The number of hydrogen-bond donors (Lipinski definition) is 0. The first kappa shape index (κ1) is 18.0. The minimum absolute atomic E-state index is 0.380. The van der Waals surface area contributed by atoms with Crippen LogP contribution in [0.15, 0.2) is 18.2 Å². The van der Waals surface area contributed by atoms with Gasteiger partial charge in [0.25, 0.3) is 0 Å². The molecule has 0 bridgehead atoms. The van der Waals surface area contributed by atoms with Crippen LogP contribution in [0.5, 0.6) is 0 Å². The lowest BCUT2D eigenvalue weighted by atomic mass is 9.49. The average Bonchev–Trinajstić information content (AvgIpc) is 2.44. The van der Waals surface area contributed by atoms with Gasteiger partial charge in [-0.15, -0.1) is 0 Å². The Hall–Kier alpha value is -0.820. The van der Waals surface area contributed by atoms with Gasteiger partial charge in [0.1, 0.15) is 0 Å². The molecular weight excluding hydrogens is 290 g/mol. The fraction of sp³-hybridized carbons (Fsp3) is 0.739. The van der Waals surface area contributed by atoms with E-state index in [1.807, 2.05) is 0 Å². The molecule has 0 saturated heterocycles. The summed E-state index contributed by atoms with van der Waals surface area (Å²) in [4.78, 5) is 0. The summed E-state index contributed by atoms with van der Waals surface area (Å²) >= 11 is 0. The van der Waals surface area contributed by atoms with Crippen molar-refractivity contribution in [2.45, 2.75) is 71.1 Å². The first-order valence-corrected chi connectivity index (χ1v) is 9.99. The molecule has 2 aliphatic rings. The fourth-order valence-corrected chi connectivity index (χ4v) is 6.28. The molecule has 2 aliphatic carbocycles. The molecule has 1 fully saturated rings. The van der Waals surface area contributed by atoms with E-state index >= 15 is 0 Å². The molecule has 0 aromatic heterocycles. The van der Waals surface area contributed by atoms with Crippen molar-refractivity contribution in [2.24, 2.45) is 11.3 Å². The SMILES string of the molecule is CC(C)c1ccc2c(c1)CC[C@@H]1[C@@](C)(C[N+](C)(C)C)CCC[C@@]21C. The lowest BCUT2D eigenvalue weighted by Gasteiger charge is -2.56. The van der Waals surface area contributed by atoms with Gasteiger partial charge in [-0.25, -0.2) is 0 Å². The van der Waals surface area contributed by atoms with E-state index in [2.05, 4.69) is 67.0 Å². The molecule has 0 unspecified atom stereocenters. The van der Waals surface area contributed by atoms with Crippen LogP contribution in [0.4, 0.5) is 0 Å². The molecule has 0 amide bonds. The molecule has 0 radical (unpaired) electrons. The molecule has 0 N–H and O–H groups in total. The Bertz CT molecular complexity index is 609. The number of hydrogen-bond acceptors (Lipinski definition) is 0. The molecular formula is C23H38N+. The predicted molar refractivity (Wildman–Crippen MR) is 105 cm³/mol. The second-order valence-corrected chi connectivity index (χ2v) is 10.5. The predicted octanol–water partition coefficient (Wildman–Crippen LogP) is 5.53. The Morgan fingerprint density at radius 3 is 2.46 bits per heavy atom. The molecule has 134 valence electrons. The molecule has 0 heterocycles. The van der Waals surface area contributed by atoms with Crippen LogP contribution in [-0.2, 0) is 11.8 Å². The Kier molecular flexibility index (Phi) is 4.40. The highest BCUT2D eigenvalue weighted by Crippen LogP contribution is 2.57. The van der Waals surface area contributed by atoms with Crippen LogP contribution in [-0.4, -0.2) is 32.2 Å². The normalized spacial score (nSPS) is 33.2. The summed E-state index contributed by atoms with van der Waals surface area (Å²) < 4.78 is 1.09. The lowest BCUT2D eigenvalue weighted by molar-refractivity contribution is -0.878. The van der Waals surface area contributed by atoms with Crippen molar-refractivity contribution in [2.75, 3.05) is 27.7 Å². The van der Waals surface area contributed by atoms with Crippen LogP contribution in [0.25, 0.3) is 0 Å². The summed E-state index contributed by atoms with van der Waals surface area (Å²) in [5.41, 5.74) is 5.69. The minimum atomic E-state index is 0.380. The van der Waals surface area contributed by atoms with Gasteiger partial charge in [0, 0.05) is 5.41 Å². The number of nitrogens with zero attached hydrogens (tertiary/aromatic N) is 1. The summed E-state index contributed by atoms with van der Waals surface area (Å²) in [5.74, 6) is 1.46. The van der Waals surface area contributed by atoms with Crippen LogP contribution in [0, 0.1) is 11.3 Å². The van der Waals surface area contributed by atoms with E-state index in [1.165, 1.54) is 44.2 Å². The van der Waals surface area contributed by atoms with E-state index in [0.29, 0.717) is 16.7 Å². The number of fused-ring (bicyclic) bond motifs is 3. The fourth-order valence-electron chi connectivity index (χ4n) is 6.28. The van der Waals surface area contributed by atoms with Gasteiger partial charge in [-0.2, -0.15) is 0 Å². The largest absolute Gasteiger partial charge is 0.330 e. The molecule has 0 spiro atoms. The zero-order chi connectivity index (χ0) is 17.8. The van der Waals surface area contributed by atoms with Crippen molar-refractivity contribution >= 4 is 0 Å². The molecule has 1 heteroatoms. The van der Waals surface area contributed by atoms with E-state index in [-0.39, 0.29) is 0 Å². The molecule has 1 aromatic rings. The average molecular weight is 329 g/mol. The molecule has 3 atom stereocenters. The van der Waals surface area contributed by atoms with Crippen LogP contribution >= 0.6 is 0 Å². The Labute approximate surface area is 150 Å². The van der Waals surface area contributed by atoms with E-state index in [1.54, 1.807) is 11.1 Å². The highest BCUT2D eigenvalue weighted by atomic mass is 15.3. The van der Waals surface area contributed by atoms with Crippen molar-refractivity contribution in [1.82, 2.24) is 0 Å². The van der Waals surface area contributed by atoms with Gasteiger partial charge >= 0.3 is 0 Å². The maximum Gasteiger partial charge on any atom is 0.0837 e. The van der Waals surface area contributed by atoms with Crippen LogP contribution in [0.2, 0.25) is 0 Å². The van der Waals surface area contributed by atoms with Crippen LogP contribution in [0.1, 0.15) is 76.0 Å². The monoisotopic (exact) mass is 328 g/mol. The van der Waals surface area contributed by atoms with Gasteiger partial charge in [0.15, 0.2) is 0 Å². The quantitative estimate of drug-likeness (QED) is 0.640. The number of rotatable bonds is 3. The van der Waals surface area contributed by atoms with Crippen LogP contribution in [0.3, 0.4) is 0 Å². The zero-order valence-electron chi connectivity index (χ0n) is 17.1. The van der Waals surface area contributed by atoms with E-state index in [0.717, 1.165) is 10.4 Å². The van der Waals surface area contributed by atoms with Gasteiger partial charge in [-0.1, -0.05) is 52.3 Å². The highest BCUT2D eigenvalue weighted by molar-refractivity contribution is 5.42. The van der Waals surface area contributed by atoms with Gasteiger partial charge in [-0.05, 0) is 59.6 Å². The molecule has 3 rings (SSSR count). The third-order valence-electron chi connectivity index (χ3n) is 7.00.